The van der Waals surface area contributed by atoms with Crippen molar-refractivity contribution in [3.8, 4) is 0 Å². The molecule has 2 aromatic heterocycles. The normalized spacial score (nSPS) is 20.1. The number of aryl methyl sites for hydroxylation is 1. The van der Waals surface area contributed by atoms with E-state index in [2.05, 4.69) is 22.7 Å². The monoisotopic (exact) mass is 485 g/mol. The number of nitrogens with one attached hydrogen (secondary N) is 2. The summed E-state index contributed by atoms with van der Waals surface area (Å²) in [5.41, 5.74) is 0. The first-order valence-electron chi connectivity index (χ1n) is 9.86. The van der Waals surface area contributed by atoms with Crippen LogP contribution in [0.15, 0.2) is 46.3 Å². The molecule has 2 N–H and O–H groups in total. The zero-order chi connectivity index (χ0) is 18.0. The van der Waals surface area contributed by atoms with Gasteiger partial charge in [0.2, 0.25) is 0 Å². The summed E-state index contributed by atoms with van der Waals surface area (Å²) >= 11 is 0. The average Bonchev–Trinajstić information content (AvgIpc) is 3.34. The Balaban J connectivity index is 0.00000261. The van der Waals surface area contributed by atoms with Crippen molar-refractivity contribution in [1.29, 1.82) is 0 Å². The van der Waals surface area contributed by atoms with Crippen LogP contribution in [0.2, 0.25) is 0 Å². The Morgan fingerprint density at radius 1 is 1.33 bits per heavy atom. The van der Waals surface area contributed by atoms with Gasteiger partial charge in [-0.3, -0.25) is 9.67 Å². The van der Waals surface area contributed by atoms with Crippen LogP contribution in [0.1, 0.15) is 44.8 Å². The molecule has 2 aromatic rings. The van der Waals surface area contributed by atoms with Gasteiger partial charge in [0.1, 0.15) is 5.76 Å². The molecule has 1 aliphatic rings. The molecule has 0 aromatic carbocycles. The smallest absolute Gasteiger partial charge is 0.191 e. The van der Waals surface area contributed by atoms with Gasteiger partial charge in [-0.15, -0.1) is 24.0 Å². The van der Waals surface area contributed by atoms with Crippen molar-refractivity contribution >= 4 is 29.9 Å². The van der Waals surface area contributed by atoms with Crippen LogP contribution in [0.25, 0.3) is 0 Å². The van der Waals surface area contributed by atoms with E-state index < -0.39 is 0 Å². The lowest BCUT2D eigenvalue weighted by Gasteiger charge is -2.31. The highest BCUT2D eigenvalue weighted by atomic mass is 127. The number of hydrogen-bond donors (Lipinski definition) is 2. The summed E-state index contributed by atoms with van der Waals surface area (Å²) in [6.45, 7) is 4.85. The minimum absolute atomic E-state index is 0. The molecule has 1 aliphatic carbocycles. The first kappa shape index (κ1) is 21.8. The molecule has 0 amide bonds. The standard InChI is InChI=1S/C20H31N5O.HI/c1-17-7-2-3-9-19(17)24-20(22-13-10-18-8-4-16-26-18)21-11-5-14-25-15-6-12-23-25;/h4,6,8,12,15-17,19H,2-3,5,7,9-11,13-14H2,1H3,(H2,21,22,24);1H. The lowest BCUT2D eigenvalue weighted by Crippen LogP contribution is -2.47. The first-order chi connectivity index (χ1) is 12.8. The van der Waals surface area contributed by atoms with Crippen LogP contribution in [0.4, 0.5) is 0 Å². The van der Waals surface area contributed by atoms with Crippen LogP contribution in [-0.4, -0.2) is 34.9 Å². The van der Waals surface area contributed by atoms with Crippen LogP contribution >= 0.6 is 24.0 Å². The summed E-state index contributed by atoms with van der Waals surface area (Å²) in [5, 5.41) is 11.4. The molecule has 0 spiro atoms. The maximum absolute atomic E-state index is 5.41. The molecule has 0 saturated heterocycles. The first-order valence-corrected chi connectivity index (χ1v) is 9.86. The van der Waals surface area contributed by atoms with E-state index in [9.17, 15) is 0 Å². The van der Waals surface area contributed by atoms with Gasteiger partial charge >= 0.3 is 0 Å². The quantitative estimate of drug-likeness (QED) is 0.258. The molecule has 27 heavy (non-hydrogen) atoms. The number of halogens is 1. The number of hydrogen-bond acceptors (Lipinski definition) is 3. The number of guanidine groups is 1. The molecule has 0 aliphatic heterocycles. The molecule has 2 heterocycles. The van der Waals surface area contributed by atoms with Crippen LogP contribution in [0, 0.1) is 5.92 Å². The van der Waals surface area contributed by atoms with Crippen LogP contribution in [0.5, 0.6) is 0 Å². The molecule has 0 radical (unpaired) electrons. The van der Waals surface area contributed by atoms with E-state index in [1.807, 2.05) is 35.3 Å². The third kappa shape index (κ3) is 7.56. The lowest BCUT2D eigenvalue weighted by molar-refractivity contribution is 0.306. The summed E-state index contributed by atoms with van der Waals surface area (Å²) in [6.07, 6.45) is 12.6. The van der Waals surface area contributed by atoms with Crippen molar-refractivity contribution < 1.29 is 4.42 Å². The Bertz CT molecular complexity index is 641. The number of furan rings is 1. The molecule has 0 bridgehead atoms. The topological polar surface area (TPSA) is 67.4 Å². The van der Waals surface area contributed by atoms with E-state index >= 15 is 0 Å². The SMILES string of the molecule is CC1CCCCC1NC(=NCCCn1cccn1)NCCc1ccco1.I. The third-order valence-electron chi connectivity index (χ3n) is 5.05. The van der Waals surface area contributed by atoms with Gasteiger partial charge in [-0.25, -0.2) is 0 Å². The van der Waals surface area contributed by atoms with E-state index in [0.29, 0.717) is 12.0 Å². The van der Waals surface area contributed by atoms with Crippen molar-refractivity contribution in [2.45, 2.75) is 58.0 Å². The molecular weight excluding hydrogens is 453 g/mol. The molecule has 3 rings (SSSR count). The van der Waals surface area contributed by atoms with Gasteiger partial charge in [0, 0.05) is 44.5 Å². The zero-order valence-electron chi connectivity index (χ0n) is 16.1. The summed E-state index contributed by atoms with van der Waals surface area (Å²) in [4.78, 5) is 4.79. The highest BCUT2D eigenvalue weighted by Gasteiger charge is 2.21. The van der Waals surface area contributed by atoms with Gasteiger partial charge in [0.05, 0.1) is 6.26 Å². The number of aromatic nitrogens is 2. The Morgan fingerprint density at radius 2 is 2.22 bits per heavy atom. The fraction of sp³-hybridized carbons (Fsp3) is 0.600. The third-order valence-corrected chi connectivity index (χ3v) is 5.05. The molecule has 1 fully saturated rings. The molecule has 2 unspecified atom stereocenters. The zero-order valence-corrected chi connectivity index (χ0v) is 18.5. The summed E-state index contributed by atoms with van der Waals surface area (Å²) < 4.78 is 7.37. The van der Waals surface area contributed by atoms with Crippen LogP contribution in [-0.2, 0) is 13.0 Å². The molecule has 2 atom stereocenters. The Morgan fingerprint density at radius 3 is 2.96 bits per heavy atom. The van der Waals surface area contributed by atoms with Gasteiger partial charge in [-0.05, 0) is 43.4 Å². The minimum Gasteiger partial charge on any atom is -0.469 e. The van der Waals surface area contributed by atoms with E-state index in [1.165, 1.54) is 25.7 Å². The predicted octanol–water partition coefficient (Wildman–Crippen LogP) is 3.84. The highest BCUT2D eigenvalue weighted by Crippen LogP contribution is 2.23. The van der Waals surface area contributed by atoms with Crippen molar-refractivity contribution in [3.63, 3.8) is 0 Å². The summed E-state index contributed by atoms with van der Waals surface area (Å²) in [5.74, 6) is 2.63. The second-order valence-corrected chi connectivity index (χ2v) is 7.12. The van der Waals surface area contributed by atoms with Crippen molar-refractivity contribution in [1.82, 2.24) is 20.4 Å². The van der Waals surface area contributed by atoms with E-state index in [4.69, 9.17) is 9.41 Å². The fourth-order valence-electron chi connectivity index (χ4n) is 3.47. The number of aliphatic imine (C=N–C) groups is 1. The highest BCUT2D eigenvalue weighted by molar-refractivity contribution is 14.0. The maximum Gasteiger partial charge on any atom is 0.191 e. The van der Waals surface area contributed by atoms with Crippen molar-refractivity contribution in [2.75, 3.05) is 13.1 Å². The number of nitrogens with zero attached hydrogens (tertiary/aromatic N) is 3. The second-order valence-electron chi connectivity index (χ2n) is 7.12. The molecule has 150 valence electrons. The lowest BCUT2D eigenvalue weighted by atomic mass is 9.86. The predicted molar refractivity (Wildman–Crippen MR) is 120 cm³/mol. The number of rotatable bonds is 8. The summed E-state index contributed by atoms with van der Waals surface area (Å²) in [7, 11) is 0. The molecular formula is C20H32IN5O. The largest absolute Gasteiger partial charge is 0.469 e. The molecule has 7 heteroatoms. The van der Waals surface area contributed by atoms with Gasteiger partial charge in [-0.1, -0.05) is 19.8 Å². The van der Waals surface area contributed by atoms with Gasteiger partial charge < -0.3 is 15.1 Å². The Labute approximate surface area is 179 Å². The van der Waals surface area contributed by atoms with Gasteiger partial charge in [0.25, 0.3) is 0 Å². The van der Waals surface area contributed by atoms with Gasteiger partial charge in [0.15, 0.2) is 5.96 Å². The van der Waals surface area contributed by atoms with E-state index in [0.717, 1.165) is 44.2 Å². The maximum atomic E-state index is 5.41. The fourth-order valence-corrected chi connectivity index (χ4v) is 3.47. The Kier molecular flexibility index (Phi) is 9.72. The molecule has 6 nitrogen and oxygen atoms in total. The Hall–Kier alpha value is -1.51. The average molecular weight is 485 g/mol. The minimum atomic E-state index is 0. The van der Waals surface area contributed by atoms with Crippen LogP contribution < -0.4 is 10.6 Å². The second kappa shape index (κ2) is 12.0. The van der Waals surface area contributed by atoms with E-state index in [-0.39, 0.29) is 24.0 Å². The summed E-state index contributed by atoms with van der Waals surface area (Å²) in [6, 6.07) is 6.42. The van der Waals surface area contributed by atoms with Crippen molar-refractivity contribution in [2.24, 2.45) is 10.9 Å². The van der Waals surface area contributed by atoms with Crippen LogP contribution in [0.3, 0.4) is 0 Å². The molecule has 1 saturated carbocycles. The van der Waals surface area contributed by atoms with E-state index in [1.54, 1.807) is 6.26 Å². The van der Waals surface area contributed by atoms with Gasteiger partial charge in [-0.2, -0.15) is 5.10 Å². The van der Waals surface area contributed by atoms with Crippen molar-refractivity contribution in [3.05, 3.63) is 42.6 Å².